The number of hydrogen-bond acceptors (Lipinski definition) is 2. The summed E-state index contributed by atoms with van der Waals surface area (Å²) in [6.07, 6.45) is 21.9. The van der Waals surface area contributed by atoms with Crippen molar-refractivity contribution in [3.63, 3.8) is 0 Å². The highest BCUT2D eigenvalue weighted by Crippen LogP contribution is 2.10. The Hall–Kier alpha value is -1.77. The van der Waals surface area contributed by atoms with Crippen molar-refractivity contribution in [1.82, 2.24) is 5.43 Å². The predicted octanol–water partition coefficient (Wildman–Crippen LogP) is 7.17. The van der Waals surface area contributed by atoms with Crippen LogP contribution in [-0.4, -0.2) is 5.91 Å². The fourth-order valence-electron chi connectivity index (χ4n) is 3.08. The topological polar surface area (TPSA) is 41.1 Å². The first-order valence-electron chi connectivity index (χ1n) is 11.1. The zero-order valence-electron chi connectivity index (χ0n) is 17.3. The number of nitrogens with one attached hydrogen (secondary N) is 2. The number of hydrazine groups is 1. The second-order valence-electron chi connectivity index (χ2n) is 7.37. The van der Waals surface area contributed by atoms with Crippen molar-refractivity contribution in [2.24, 2.45) is 0 Å². The summed E-state index contributed by atoms with van der Waals surface area (Å²) in [6, 6.07) is 9.71. The van der Waals surface area contributed by atoms with Crippen molar-refractivity contribution >= 4 is 11.6 Å². The fourth-order valence-corrected chi connectivity index (χ4v) is 3.08. The Labute approximate surface area is 167 Å². The molecule has 0 saturated heterocycles. The summed E-state index contributed by atoms with van der Waals surface area (Å²) in [4.78, 5) is 11.8. The Kier molecular flexibility index (Phi) is 15.2. The van der Waals surface area contributed by atoms with Gasteiger partial charge in [-0.25, -0.2) is 0 Å². The Balaban J connectivity index is 1.82. The Morgan fingerprint density at radius 1 is 0.778 bits per heavy atom. The van der Waals surface area contributed by atoms with Gasteiger partial charge < -0.3 is 0 Å². The van der Waals surface area contributed by atoms with Crippen molar-refractivity contribution in [3.05, 3.63) is 42.5 Å². The van der Waals surface area contributed by atoms with Crippen LogP contribution in [0.5, 0.6) is 0 Å². The molecule has 152 valence electrons. The van der Waals surface area contributed by atoms with Crippen LogP contribution in [0.1, 0.15) is 96.8 Å². The highest BCUT2D eigenvalue weighted by atomic mass is 16.2. The van der Waals surface area contributed by atoms with E-state index >= 15 is 0 Å². The van der Waals surface area contributed by atoms with Gasteiger partial charge in [-0.1, -0.05) is 88.6 Å². The van der Waals surface area contributed by atoms with Gasteiger partial charge >= 0.3 is 0 Å². The molecule has 1 rings (SSSR count). The number of unbranched alkanes of at least 4 members (excludes halogenated alkanes) is 11. The molecule has 0 heterocycles. The molecule has 0 spiro atoms. The largest absolute Gasteiger partial charge is 0.299 e. The van der Waals surface area contributed by atoms with Crippen LogP contribution in [0.15, 0.2) is 42.5 Å². The van der Waals surface area contributed by atoms with Gasteiger partial charge in [-0.2, -0.15) is 0 Å². The monoisotopic (exact) mass is 372 g/mol. The normalized spacial score (nSPS) is 11.0. The summed E-state index contributed by atoms with van der Waals surface area (Å²) in [6.45, 7) is 2.27. The van der Waals surface area contributed by atoms with Gasteiger partial charge in [0, 0.05) is 6.42 Å². The zero-order valence-corrected chi connectivity index (χ0v) is 17.3. The molecule has 0 aliphatic rings. The van der Waals surface area contributed by atoms with Crippen LogP contribution in [0.25, 0.3) is 0 Å². The van der Waals surface area contributed by atoms with E-state index in [4.69, 9.17) is 0 Å². The number of hydrogen-bond donors (Lipinski definition) is 2. The first kappa shape index (κ1) is 23.3. The lowest BCUT2D eigenvalue weighted by Gasteiger charge is -2.08. The Bertz CT molecular complexity index is 484. The van der Waals surface area contributed by atoms with Crippen LogP contribution in [-0.2, 0) is 4.79 Å². The minimum atomic E-state index is 0.0662. The quantitative estimate of drug-likeness (QED) is 0.173. The van der Waals surface area contributed by atoms with Crippen molar-refractivity contribution in [2.45, 2.75) is 96.8 Å². The summed E-state index contributed by atoms with van der Waals surface area (Å²) in [5.41, 5.74) is 6.60. The van der Waals surface area contributed by atoms with Gasteiger partial charge in [0.05, 0.1) is 5.69 Å². The van der Waals surface area contributed by atoms with Gasteiger partial charge in [0.1, 0.15) is 0 Å². The fraction of sp³-hybridized carbons (Fsp3) is 0.625. The van der Waals surface area contributed by atoms with E-state index in [0.717, 1.165) is 18.5 Å². The third kappa shape index (κ3) is 15.0. The Morgan fingerprint density at radius 2 is 1.33 bits per heavy atom. The predicted molar refractivity (Wildman–Crippen MR) is 118 cm³/mol. The van der Waals surface area contributed by atoms with Gasteiger partial charge in [-0.3, -0.25) is 15.6 Å². The van der Waals surface area contributed by atoms with Crippen LogP contribution in [0.4, 0.5) is 5.69 Å². The number of rotatable bonds is 17. The standard InChI is InChI=1S/C24H40N2O/c1-2-3-4-5-6-7-8-9-10-11-12-13-14-15-19-22-24(27)26-25-23-20-17-16-18-21-23/h9-10,16-18,20-21,25H,2-8,11-15,19,22H2,1H3,(H,26,27)/b10-9-. The highest BCUT2D eigenvalue weighted by molar-refractivity contribution is 5.77. The third-order valence-electron chi connectivity index (χ3n) is 4.79. The number of anilines is 1. The number of carbonyl (C=O) groups excluding carboxylic acids is 1. The zero-order chi connectivity index (χ0) is 19.4. The molecule has 3 nitrogen and oxygen atoms in total. The third-order valence-corrected chi connectivity index (χ3v) is 4.79. The minimum Gasteiger partial charge on any atom is -0.299 e. The van der Waals surface area contributed by atoms with E-state index in [0.29, 0.717) is 6.42 Å². The molecule has 0 aromatic heterocycles. The summed E-state index contributed by atoms with van der Waals surface area (Å²) >= 11 is 0. The maximum atomic E-state index is 11.8. The molecule has 1 aromatic carbocycles. The number of allylic oxidation sites excluding steroid dienone is 2. The maximum Gasteiger partial charge on any atom is 0.238 e. The van der Waals surface area contributed by atoms with E-state index in [1.165, 1.54) is 70.6 Å². The molecule has 2 N–H and O–H groups in total. The van der Waals surface area contributed by atoms with Crippen LogP contribution in [0.2, 0.25) is 0 Å². The lowest BCUT2D eigenvalue weighted by Crippen LogP contribution is -2.28. The second-order valence-corrected chi connectivity index (χ2v) is 7.37. The highest BCUT2D eigenvalue weighted by Gasteiger charge is 2.00. The summed E-state index contributed by atoms with van der Waals surface area (Å²) in [5.74, 6) is 0.0662. The van der Waals surface area contributed by atoms with Crippen molar-refractivity contribution in [1.29, 1.82) is 0 Å². The molecule has 1 aromatic rings. The molecule has 0 saturated carbocycles. The molecule has 0 fully saturated rings. The summed E-state index contributed by atoms with van der Waals surface area (Å²) in [7, 11) is 0. The van der Waals surface area contributed by atoms with Crippen LogP contribution in [0.3, 0.4) is 0 Å². The average molecular weight is 373 g/mol. The van der Waals surface area contributed by atoms with E-state index < -0.39 is 0 Å². The van der Waals surface area contributed by atoms with Gasteiger partial charge in [0.2, 0.25) is 5.91 Å². The molecule has 0 unspecified atom stereocenters. The smallest absolute Gasteiger partial charge is 0.238 e. The van der Waals surface area contributed by atoms with E-state index in [1.54, 1.807) is 0 Å². The number of amides is 1. The molecule has 3 heteroatoms. The van der Waals surface area contributed by atoms with E-state index in [1.807, 2.05) is 30.3 Å². The van der Waals surface area contributed by atoms with Crippen molar-refractivity contribution < 1.29 is 4.79 Å². The molecule has 0 aliphatic carbocycles. The van der Waals surface area contributed by atoms with Crippen LogP contribution >= 0.6 is 0 Å². The van der Waals surface area contributed by atoms with Crippen molar-refractivity contribution in [3.8, 4) is 0 Å². The molecular weight excluding hydrogens is 332 g/mol. The first-order valence-corrected chi connectivity index (χ1v) is 11.1. The molecule has 0 aliphatic heterocycles. The molecule has 1 amide bonds. The molecule has 0 atom stereocenters. The lowest BCUT2D eigenvalue weighted by molar-refractivity contribution is -0.120. The molecule has 0 bridgehead atoms. The van der Waals surface area contributed by atoms with Crippen LogP contribution < -0.4 is 10.9 Å². The molecule has 0 radical (unpaired) electrons. The second kappa shape index (κ2) is 17.6. The minimum absolute atomic E-state index is 0.0662. The van der Waals surface area contributed by atoms with Gasteiger partial charge in [0.25, 0.3) is 0 Å². The maximum absolute atomic E-state index is 11.8. The Morgan fingerprint density at radius 3 is 1.96 bits per heavy atom. The number of benzene rings is 1. The van der Waals surface area contributed by atoms with Gasteiger partial charge in [0.15, 0.2) is 0 Å². The van der Waals surface area contributed by atoms with E-state index in [-0.39, 0.29) is 5.91 Å². The number of para-hydroxylation sites is 1. The SMILES string of the molecule is CCCCCCCC/C=C\CCCCCCCC(=O)NNc1ccccc1. The average Bonchev–Trinajstić information content (AvgIpc) is 2.70. The first-order chi connectivity index (χ1) is 13.3. The van der Waals surface area contributed by atoms with Crippen LogP contribution in [0, 0.1) is 0 Å². The summed E-state index contributed by atoms with van der Waals surface area (Å²) < 4.78 is 0. The summed E-state index contributed by atoms with van der Waals surface area (Å²) in [5, 5.41) is 0. The van der Waals surface area contributed by atoms with Gasteiger partial charge in [-0.15, -0.1) is 0 Å². The van der Waals surface area contributed by atoms with Crippen molar-refractivity contribution in [2.75, 3.05) is 5.43 Å². The molecule has 27 heavy (non-hydrogen) atoms. The lowest BCUT2D eigenvalue weighted by atomic mass is 10.1. The van der Waals surface area contributed by atoms with E-state index in [2.05, 4.69) is 29.9 Å². The molecular formula is C24H40N2O. The van der Waals surface area contributed by atoms with E-state index in [9.17, 15) is 4.79 Å². The van der Waals surface area contributed by atoms with Gasteiger partial charge in [-0.05, 0) is 44.2 Å². The number of carbonyl (C=O) groups is 1.